The summed E-state index contributed by atoms with van der Waals surface area (Å²) in [7, 11) is -3.89. The molecule has 2 aromatic carbocycles. The number of ether oxygens (including phenoxy) is 1. The summed E-state index contributed by atoms with van der Waals surface area (Å²) in [6, 6.07) is 11.7. The highest BCUT2D eigenvalue weighted by Crippen LogP contribution is 2.46. The summed E-state index contributed by atoms with van der Waals surface area (Å²) in [4.78, 5) is 23.1. The van der Waals surface area contributed by atoms with E-state index in [1.165, 1.54) is 28.6 Å². The second-order valence-corrected chi connectivity index (χ2v) is 12.3. The Morgan fingerprint density at radius 1 is 1.13 bits per heavy atom. The molecule has 3 aromatic rings. The molecule has 2 heterocycles. The van der Waals surface area contributed by atoms with Crippen molar-refractivity contribution in [2.75, 3.05) is 24.0 Å². The number of aliphatic carboxylic acids is 1. The molecule has 1 aliphatic rings. The Bertz CT molecular complexity index is 1440. The number of aromatic carboxylic acids is 1. The maximum absolute atomic E-state index is 13.7. The Hall–Kier alpha value is -3.00. The van der Waals surface area contributed by atoms with Crippen LogP contribution in [0.2, 0.25) is 0 Å². The number of thiophene rings is 1. The summed E-state index contributed by atoms with van der Waals surface area (Å²) in [6.07, 6.45) is 1.18. The van der Waals surface area contributed by atoms with Crippen molar-refractivity contribution in [2.45, 2.75) is 24.6 Å². The first-order valence-electron chi connectivity index (χ1n) is 11.5. The van der Waals surface area contributed by atoms with Crippen LogP contribution in [0.1, 0.15) is 28.1 Å². The van der Waals surface area contributed by atoms with Gasteiger partial charge in [-0.05, 0) is 77.3 Å². The molecule has 0 aliphatic carbocycles. The zero-order chi connectivity index (χ0) is 27.4. The van der Waals surface area contributed by atoms with Gasteiger partial charge in [0.05, 0.1) is 20.8 Å². The second kappa shape index (κ2) is 11.8. The molecule has 202 valence electrons. The summed E-state index contributed by atoms with van der Waals surface area (Å²) in [5.74, 6) is -3.42. The Balaban J connectivity index is 1.76. The molecular formula is C25H24BrFN2O7S2. The molecule has 0 unspecified atom stereocenters. The number of hydrogen-bond acceptors (Lipinski definition) is 7. The molecule has 38 heavy (non-hydrogen) atoms. The molecule has 0 saturated carbocycles. The van der Waals surface area contributed by atoms with Gasteiger partial charge in [-0.2, -0.15) is 0 Å². The minimum Gasteiger partial charge on any atom is -0.479 e. The smallest absolute Gasteiger partial charge is 0.349 e. The fraction of sp³-hybridized carbons (Fsp3) is 0.280. The molecule has 13 heteroatoms. The van der Waals surface area contributed by atoms with Crippen LogP contribution in [0, 0.1) is 5.82 Å². The molecule has 3 N–H and O–H groups in total. The Morgan fingerprint density at radius 2 is 1.82 bits per heavy atom. The number of halogens is 2. The maximum atomic E-state index is 13.7. The molecule has 9 nitrogen and oxygen atoms in total. The van der Waals surface area contributed by atoms with Gasteiger partial charge >= 0.3 is 11.9 Å². The van der Waals surface area contributed by atoms with E-state index >= 15 is 0 Å². The summed E-state index contributed by atoms with van der Waals surface area (Å²) < 4.78 is 47.8. The molecule has 0 amide bonds. The van der Waals surface area contributed by atoms with Crippen LogP contribution in [-0.4, -0.2) is 56.3 Å². The van der Waals surface area contributed by atoms with Gasteiger partial charge in [0, 0.05) is 6.04 Å². The van der Waals surface area contributed by atoms with Crippen LogP contribution < -0.4 is 14.4 Å². The van der Waals surface area contributed by atoms with E-state index in [1.807, 2.05) is 0 Å². The zero-order valence-corrected chi connectivity index (χ0v) is 23.1. The third-order valence-corrected chi connectivity index (χ3v) is 9.94. The van der Waals surface area contributed by atoms with Gasteiger partial charge in [-0.25, -0.2) is 22.4 Å². The minimum atomic E-state index is -3.89. The lowest BCUT2D eigenvalue weighted by Crippen LogP contribution is -2.46. The normalized spacial score (nSPS) is 14.3. The van der Waals surface area contributed by atoms with Gasteiger partial charge in [0.15, 0.2) is 17.2 Å². The largest absolute Gasteiger partial charge is 0.479 e. The van der Waals surface area contributed by atoms with Gasteiger partial charge in [0.25, 0.3) is 0 Å². The highest BCUT2D eigenvalue weighted by Gasteiger charge is 2.32. The molecule has 1 fully saturated rings. The van der Waals surface area contributed by atoms with Crippen molar-refractivity contribution in [2.24, 2.45) is 0 Å². The number of benzene rings is 2. The first kappa shape index (κ1) is 28.0. The van der Waals surface area contributed by atoms with E-state index in [-0.39, 0.29) is 26.9 Å². The monoisotopic (exact) mass is 626 g/mol. The lowest BCUT2D eigenvalue weighted by Gasteiger charge is -2.35. The predicted octanol–water partition coefficient (Wildman–Crippen LogP) is 4.57. The third-order valence-electron chi connectivity index (χ3n) is 5.91. The van der Waals surface area contributed by atoms with Crippen LogP contribution in [0.25, 0.3) is 10.4 Å². The molecule has 0 atom stereocenters. The molecule has 1 aromatic heterocycles. The molecule has 4 rings (SSSR count). The number of piperidine rings is 1. The quantitative estimate of drug-likeness (QED) is 0.298. The summed E-state index contributed by atoms with van der Waals surface area (Å²) in [6.45, 7) is 0.575. The maximum Gasteiger partial charge on any atom is 0.349 e. The molecule has 0 spiro atoms. The molecule has 1 aliphatic heterocycles. The number of carboxylic acid groups (broad SMARTS) is 2. The van der Waals surface area contributed by atoms with Crippen molar-refractivity contribution in [1.29, 1.82) is 0 Å². The lowest BCUT2D eigenvalue weighted by molar-refractivity contribution is -0.139. The van der Waals surface area contributed by atoms with E-state index in [0.29, 0.717) is 47.6 Å². The topological polar surface area (TPSA) is 133 Å². The van der Waals surface area contributed by atoms with E-state index in [0.717, 1.165) is 11.3 Å². The minimum absolute atomic E-state index is 0.107. The van der Waals surface area contributed by atoms with Crippen LogP contribution in [0.5, 0.6) is 5.75 Å². The van der Waals surface area contributed by atoms with Crippen LogP contribution >= 0.6 is 27.3 Å². The van der Waals surface area contributed by atoms with E-state index in [2.05, 4.69) is 21.2 Å². The summed E-state index contributed by atoms with van der Waals surface area (Å²) in [5.41, 5.74) is 1.39. The number of sulfonamides is 1. The van der Waals surface area contributed by atoms with Crippen molar-refractivity contribution < 1.29 is 37.3 Å². The highest BCUT2D eigenvalue weighted by molar-refractivity contribution is 9.10. The number of carboxylic acids is 2. The Labute approximate surface area is 231 Å². The summed E-state index contributed by atoms with van der Waals surface area (Å²) >= 11 is 4.23. The highest BCUT2D eigenvalue weighted by atomic mass is 79.9. The van der Waals surface area contributed by atoms with Crippen molar-refractivity contribution in [3.8, 4) is 16.2 Å². The van der Waals surface area contributed by atoms with Gasteiger partial charge in [-0.3, -0.25) is 4.31 Å². The number of rotatable bonds is 10. The standard InChI is InChI=1S/C25H24BrFN2O7S2/c26-21-22(36-13-20(30)31)24(25(32)33)37-23(21)16-2-1-3-19(12-16)29(18-8-10-28-11-9-18)38(34,35)14-15-4-6-17(27)7-5-15/h1-7,12,18,28H,8-11,13-14H2,(H,30,31)(H,32,33). The fourth-order valence-corrected chi connectivity index (χ4v) is 8.01. The van der Waals surface area contributed by atoms with Gasteiger partial charge in [-0.15, -0.1) is 11.3 Å². The number of nitrogens with zero attached hydrogens (tertiary/aromatic N) is 1. The molecular weight excluding hydrogens is 603 g/mol. The second-order valence-electron chi connectivity index (χ2n) is 8.60. The van der Waals surface area contributed by atoms with Crippen LogP contribution in [0.4, 0.5) is 10.1 Å². The lowest BCUT2D eigenvalue weighted by atomic mass is 10.1. The predicted molar refractivity (Wildman–Crippen MR) is 145 cm³/mol. The van der Waals surface area contributed by atoms with Crippen LogP contribution in [-0.2, 0) is 20.6 Å². The van der Waals surface area contributed by atoms with E-state index in [4.69, 9.17) is 9.84 Å². The average molecular weight is 628 g/mol. The Morgan fingerprint density at radius 3 is 2.45 bits per heavy atom. The Kier molecular flexibility index (Phi) is 8.71. The molecule has 1 saturated heterocycles. The van der Waals surface area contributed by atoms with Crippen LogP contribution in [0.3, 0.4) is 0 Å². The number of hydrogen-bond donors (Lipinski definition) is 3. The van der Waals surface area contributed by atoms with Crippen molar-refractivity contribution in [3.63, 3.8) is 0 Å². The average Bonchev–Trinajstić information content (AvgIpc) is 3.21. The fourth-order valence-electron chi connectivity index (χ4n) is 4.27. The van der Waals surface area contributed by atoms with Crippen molar-refractivity contribution in [3.05, 3.63) is 69.3 Å². The first-order valence-corrected chi connectivity index (χ1v) is 14.8. The SMILES string of the molecule is O=C(O)COc1c(C(=O)O)sc(-c2cccc(N(C3CCNCC3)S(=O)(=O)Cc3ccc(F)cc3)c2)c1Br. The summed E-state index contributed by atoms with van der Waals surface area (Å²) in [5, 5.41) is 21.8. The van der Waals surface area contributed by atoms with E-state index < -0.39 is 34.4 Å². The van der Waals surface area contributed by atoms with Gasteiger partial charge < -0.3 is 20.3 Å². The van der Waals surface area contributed by atoms with Crippen LogP contribution in [0.15, 0.2) is 53.0 Å². The zero-order valence-electron chi connectivity index (χ0n) is 19.9. The number of anilines is 1. The molecule has 0 radical (unpaired) electrons. The number of carbonyl (C=O) groups is 2. The van der Waals surface area contributed by atoms with E-state index in [1.54, 1.807) is 24.3 Å². The van der Waals surface area contributed by atoms with Crippen molar-refractivity contribution in [1.82, 2.24) is 5.32 Å². The van der Waals surface area contributed by atoms with Crippen molar-refractivity contribution >= 4 is 54.9 Å². The third kappa shape index (κ3) is 6.34. The number of nitrogens with one attached hydrogen (secondary N) is 1. The van der Waals surface area contributed by atoms with Gasteiger partial charge in [0.2, 0.25) is 10.0 Å². The molecule has 0 bridgehead atoms. The van der Waals surface area contributed by atoms with Gasteiger partial charge in [-0.1, -0.05) is 24.3 Å². The van der Waals surface area contributed by atoms with E-state index in [9.17, 15) is 27.5 Å². The first-order chi connectivity index (χ1) is 18.1. The van der Waals surface area contributed by atoms with Gasteiger partial charge in [0.1, 0.15) is 5.82 Å².